The number of aryl methyl sites for hydroxylation is 2. The SMILES string of the molecule is COc1c(C)cc(OCC=C(Cl)Cl)cc1C. The molecule has 0 atom stereocenters. The first-order valence-corrected chi connectivity index (χ1v) is 5.59. The third-order valence-corrected chi connectivity index (χ3v) is 2.43. The molecule has 0 N–H and O–H groups in total. The van der Waals surface area contributed by atoms with E-state index in [-0.39, 0.29) is 4.49 Å². The zero-order valence-corrected chi connectivity index (χ0v) is 11.0. The maximum atomic E-state index is 5.48. The topological polar surface area (TPSA) is 18.5 Å². The number of halogens is 2. The Morgan fingerprint density at radius 3 is 2.25 bits per heavy atom. The van der Waals surface area contributed by atoms with E-state index in [1.807, 2.05) is 26.0 Å². The van der Waals surface area contributed by atoms with Gasteiger partial charge in [0.25, 0.3) is 0 Å². The van der Waals surface area contributed by atoms with E-state index in [0.29, 0.717) is 6.61 Å². The summed E-state index contributed by atoms with van der Waals surface area (Å²) in [5, 5.41) is 0. The summed E-state index contributed by atoms with van der Waals surface area (Å²) in [4.78, 5) is 0. The summed E-state index contributed by atoms with van der Waals surface area (Å²) in [5.41, 5.74) is 2.08. The lowest BCUT2D eigenvalue weighted by molar-refractivity contribution is 0.359. The Bertz CT molecular complexity index is 373. The van der Waals surface area contributed by atoms with Crippen molar-refractivity contribution in [2.24, 2.45) is 0 Å². The van der Waals surface area contributed by atoms with Crippen molar-refractivity contribution in [3.63, 3.8) is 0 Å². The zero-order chi connectivity index (χ0) is 12.1. The first kappa shape index (κ1) is 13.2. The van der Waals surface area contributed by atoms with Crippen molar-refractivity contribution in [3.8, 4) is 11.5 Å². The fraction of sp³-hybridized carbons (Fsp3) is 0.333. The Kier molecular flexibility index (Phi) is 4.97. The second-order valence-electron chi connectivity index (χ2n) is 3.40. The van der Waals surface area contributed by atoms with Gasteiger partial charge in [-0.05, 0) is 43.2 Å². The molecule has 0 aromatic heterocycles. The Labute approximate surface area is 106 Å². The lowest BCUT2D eigenvalue weighted by atomic mass is 10.1. The van der Waals surface area contributed by atoms with Crippen LogP contribution in [-0.2, 0) is 0 Å². The molecule has 0 spiro atoms. The largest absolute Gasteiger partial charge is 0.496 e. The summed E-state index contributed by atoms with van der Waals surface area (Å²) in [7, 11) is 1.66. The first-order chi connectivity index (χ1) is 7.54. The minimum absolute atomic E-state index is 0.210. The lowest BCUT2D eigenvalue weighted by Gasteiger charge is -2.11. The van der Waals surface area contributed by atoms with Gasteiger partial charge in [-0.1, -0.05) is 23.2 Å². The van der Waals surface area contributed by atoms with Gasteiger partial charge >= 0.3 is 0 Å². The van der Waals surface area contributed by atoms with Crippen LogP contribution in [0, 0.1) is 13.8 Å². The predicted octanol–water partition coefficient (Wildman–Crippen LogP) is 4.01. The highest BCUT2D eigenvalue weighted by Crippen LogP contribution is 2.28. The molecule has 0 bridgehead atoms. The average Bonchev–Trinajstić information content (AvgIpc) is 2.16. The van der Waals surface area contributed by atoms with Gasteiger partial charge in [-0.2, -0.15) is 0 Å². The molecule has 0 amide bonds. The van der Waals surface area contributed by atoms with Gasteiger partial charge in [-0.15, -0.1) is 0 Å². The second kappa shape index (κ2) is 6.02. The molecule has 16 heavy (non-hydrogen) atoms. The van der Waals surface area contributed by atoms with Crippen LogP contribution in [0.4, 0.5) is 0 Å². The number of ether oxygens (including phenoxy) is 2. The third kappa shape index (κ3) is 3.62. The molecule has 0 aliphatic heterocycles. The highest BCUT2D eigenvalue weighted by atomic mass is 35.5. The normalized spacial score (nSPS) is 9.81. The van der Waals surface area contributed by atoms with Crippen LogP contribution in [0.1, 0.15) is 11.1 Å². The zero-order valence-electron chi connectivity index (χ0n) is 9.51. The molecule has 0 aliphatic rings. The van der Waals surface area contributed by atoms with E-state index in [1.54, 1.807) is 13.2 Å². The van der Waals surface area contributed by atoms with E-state index < -0.39 is 0 Å². The van der Waals surface area contributed by atoms with E-state index in [9.17, 15) is 0 Å². The average molecular weight is 261 g/mol. The van der Waals surface area contributed by atoms with Gasteiger partial charge in [0.2, 0.25) is 0 Å². The van der Waals surface area contributed by atoms with Crippen LogP contribution in [0.5, 0.6) is 11.5 Å². The number of hydrogen-bond donors (Lipinski definition) is 0. The van der Waals surface area contributed by atoms with E-state index in [4.69, 9.17) is 32.7 Å². The van der Waals surface area contributed by atoms with Gasteiger partial charge in [0, 0.05) is 0 Å². The molecule has 4 heteroatoms. The molecule has 0 fully saturated rings. The molecule has 0 radical (unpaired) electrons. The van der Waals surface area contributed by atoms with Crippen LogP contribution in [0.2, 0.25) is 0 Å². The van der Waals surface area contributed by atoms with Crippen LogP contribution in [0.15, 0.2) is 22.7 Å². The Morgan fingerprint density at radius 2 is 1.81 bits per heavy atom. The summed E-state index contributed by atoms with van der Waals surface area (Å²) >= 11 is 11.0. The van der Waals surface area contributed by atoms with Crippen molar-refractivity contribution < 1.29 is 9.47 Å². The fourth-order valence-electron chi connectivity index (χ4n) is 1.52. The number of rotatable bonds is 4. The van der Waals surface area contributed by atoms with Crippen molar-refractivity contribution in [1.29, 1.82) is 0 Å². The van der Waals surface area contributed by atoms with E-state index in [2.05, 4.69) is 0 Å². The summed E-state index contributed by atoms with van der Waals surface area (Å²) in [6.45, 7) is 4.31. The number of benzene rings is 1. The Balaban J connectivity index is 2.80. The van der Waals surface area contributed by atoms with E-state index in [1.165, 1.54) is 0 Å². The van der Waals surface area contributed by atoms with Crippen LogP contribution in [0.25, 0.3) is 0 Å². The molecule has 1 aromatic rings. The van der Waals surface area contributed by atoms with Crippen molar-refractivity contribution in [1.82, 2.24) is 0 Å². The molecule has 0 aliphatic carbocycles. The lowest BCUT2D eigenvalue weighted by Crippen LogP contribution is -1.97. The Morgan fingerprint density at radius 1 is 1.25 bits per heavy atom. The highest BCUT2D eigenvalue weighted by Gasteiger charge is 2.05. The maximum Gasteiger partial charge on any atom is 0.124 e. The van der Waals surface area contributed by atoms with Crippen LogP contribution in [0.3, 0.4) is 0 Å². The molecule has 88 valence electrons. The molecular formula is C12H14Cl2O2. The predicted molar refractivity (Wildman–Crippen MR) is 67.8 cm³/mol. The quantitative estimate of drug-likeness (QED) is 0.815. The van der Waals surface area contributed by atoms with Gasteiger partial charge in [0.15, 0.2) is 0 Å². The Hall–Kier alpha value is -0.860. The van der Waals surface area contributed by atoms with Gasteiger partial charge < -0.3 is 9.47 Å². The molecule has 1 rings (SSSR count). The molecule has 0 saturated heterocycles. The van der Waals surface area contributed by atoms with Crippen LogP contribution >= 0.6 is 23.2 Å². The molecule has 0 unspecified atom stereocenters. The second-order valence-corrected chi connectivity index (χ2v) is 4.40. The van der Waals surface area contributed by atoms with Crippen molar-refractivity contribution in [2.75, 3.05) is 13.7 Å². The fourth-order valence-corrected chi connectivity index (χ4v) is 1.64. The van der Waals surface area contributed by atoms with Gasteiger partial charge in [0.1, 0.15) is 22.6 Å². The highest BCUT2D eigenvalue weighted by molar-refractivity contribution is 6.55. The number of methoxy groups -OCH3 is 1. The summed E-state index contributed by atoms with van der Waals surface area (Å²) in [6, 6.07) is 3.84. The van der Waals surface area contributed by atoms with Crippen LogP contribution in [-0.4, -0.2) is 13.7 Å². The van der Waals surface area contributed by atoms with E-state index >= 15 is 0 Å². The number of hydrogen-bond acceptors (Lipinski definition) is 2. The van der Waals surface area contributed by atoms with Gasteiger partial charge in [-0.25, -0.2) is 0 Å². The third-order valence-electron chi connectivity index (χ3n) is 2.13. The molecule has 0 saturated carbocycles. The molecule has 2 nitrogen and oxygen atoms in total. The summed E-state index contributed by atoms with van der Waals surface area (Å²) in [5.74, 6) is 1.67. The van der Waals surface area contributed by atoms with Gasteiger partial charge in [0.05, 0.1) is 7.11 Å². The molecular weight excluding hydrogens is 247 g/mol. The van der Waals surface area contributed by atoms with Crippen molar-refractivity contribution >= 4 is 23.2 Å². The van der Waals surface area contributed by atoms with Crippen molar-refractivity contribution in [2.45, 2.75) is 13.8 Å². The van der Waals surface area contributed by atoms with Crippen LogP contribution < -0.4 is 9.47 Å². The first-order valence-electron chi connectivity index (χ1n) is 4.83. The monoisotopic (exact) mass is 260 g/mol. The minimum atomic E-state index is 0.210. The van der Waals surface area contributed by atoms with Crippen molar-refractivity contribution in [3.05, 3.63) is 33.8 Å². The summed E-state index contributed by atoms with van der Waals surface area (Å²) < 4.78 is 11.0. The smallest absolute Gasteiger partial charge is 0.124 e. The standard InChI is InChI=1S/C12H14Cl2O2/c1-8-6-10(16-5-4-11(13)14)7-9(2)12(8)15-3/h4,6-7H,5H2,1-3H3. The molecule has 1 aromatic carbocycles. The molecule has 0 heterocycles. The summed E-state index contributed by atoms with van der Waals surface area (Å²) in [6.07, 6.45) is 1.60. The maximum absolute atomic E-state index is 5.48. The van der Waals surface area contributed by atoms with E-state index in [0.717, 1.165) is 22.6 Å². The van der Waals surface area contributed by atoms with Gasteiger partial charge in [-0.3, -0.25) is 0 Å². The minimum Gasteiger partial charge on any atom is -0.496 e.